The SMILES string of the molecule is C=CCn1c(=O)c2cnc(Nc3ccc(N4CCN(C)CC4C)cc3)nc2n1C1CC=C2CCC(C)C2=N1. The van der Waals surface area contributed by atoms with Gasteiger partial charge in [-0.15, -0.1) is 6.58 Å². The molecule has 3 aromatic rings. The van der Waals surface area contributed by atoms with Gasteiger partial charge in [-0.25, -0.2) is 14.3 Å². The standard InChI is InChI=1S/C29H36N8O/c1-5-14-36-28(38)24-17-30-29(31-22-9-11-23(12-10-22)35-16-15-34(4)18-20(35)3)33-27(24)37(36)25-13-8-21-7-6-19(2)26(21)32-25/h5,8-12,17,19-20,25H,1,6-7,13-16,18H2,2-4H3,(H,30,31,33). The number of allylic oxidation sites excluding steroid dienone is 2. The average molecular weight is 513 g/mol. The summed E-state index contributed by atoms with van der Waals surface area (Å²) in [6.07, 6.45) is 8.39. The van der Waals surface area contributed by atoms with Crippen LogP contribution < -0.4 is 15.8 Å². The van der Waals surface area contributed by atoms with Crippen LogP contribution in [0, 0.1) is 5.92 Å². The Morgan fingerprint density at radius 2 is 2.00 bits per heavy atom. The predicted octanol–water partition coefficient (Wildman–Crippen LogP) is 4.36. The van der Waals surface area contributed by atoms with Crippen molar-refractivity contribution in [2.24, 2.45) is 10.9 Å². The smallest absolute Gasteiger partial charge is 0.278 e. The summed E-state index contributed by atoms with van der Waals surface area (Å²) in [5.41, 5.74) is 5.12. The Balaban J connectivity index is 1.31. The summed E-state index contributed by atoms with van der Waals surface area (Å²) in [7, 11) is 2.17. The van der Waals surface area contributed by atoms with E-state index in [0.717, 1.165) is 44.6 Å². The molecule has 1 saturated heterocycles. The first-order chi connectivity index (χ1) is 18.4. The molecule has 1 aliphatic carbocycles. The molecule has 0 radical (unpaired) electrons. The van der Waals surface area contributed by atoms with Gasteiger partial charge < -0.3 is 15.1 Å². The highest BCUT2D eigenvalue weighted by molar-refractivity contribution is 6.04. The number of rotatable bonds is 6. The second-order valence-corrected chi connectivity index (χ2v) is 10.8. The summed E-state index contributed by atoms with van der Waals surface area (Å²) in [5.74, 6) is 0.894. The van der Waals surface area contributed by atoms with Crippen LogP contribution in [0.4, 0.5) is 17.3 Å². The number of anilines is 3. The van der Waals surface area contributed by atoms with Crippen molar-refractivity contribution in [2.45, 2.75) is 51.9 Å². The molecule has 3 aliphatic rings. The minimum Gasteiger partial charge on any atom is -0.366 e. The van der Waals surface area contributed by atoms with Crippen molar-refractivity contribution >= 4 is 34.1 Å². The molecule has 6 rings (SSSR count). The van der Waals surface area contributed by atoms with Crippen LogP contribution in [0.3, 0.4) is 0 Å². The van der Waals surface area contributed by atoms with E-state index in [4.69, 9.17) is 9.98 Å². The van der Waals surface area contributed by atoms with Crippen molar-refractivity contribution in [1.82, 2.24) is 24.2 Å². The van der Waals surface area contributed by atoms with Gasteiger partial charge in [0.25, 0.3) is 5.56 Å². The van der Waals surface area contributed by atoms with Crippen LogP contribution in [-0.2, 0) is 6.54 Å². The molecule has 0 amide bonds. The van der Waals surface area contributed by atoms with Crippen molar-refractivity contribution in [3.8, 4) is 0 Å². The van der Waals surface area contributed by atoms with Crippen molar-refractivity contribution < 1.29 is 0 Å². The van der Waals surface area contributed by atoms with E-state index in [-0.39, 0.29) is 11.7 Å². The van der Waals surface area contributed by atoms with E-state index in [9.17, 15) is 4.79 Å². The van der Waals surface area contributed by atoms with Crippen molar-refractivity contribution in [3.63, 3.8) is 0 Å². The predicted molar refractivity (Wildman–Crippen MR) is 154 cm³/mol. The van der Waals surface area contributed by atoms with Crippen LogP contribution in [0.15, 0.2) is 64.6 Å². The van der Waals surface area contributed by atoms with Gasteiger partial charge in [0.1, 0.15) is 11.6 Å². The molecule has 2 aliphatic heterocycles. The number of dihydropyridines is 1. The molecule has 0 bridgehead atoms. The Morgan fingerprint density at radius 1 is 1.18 bits per heavy atom. The fourth-order valence-electron chi connectivity index (χ4n) is 6.08. The van der Waals surface area contributed by atoms with E-state index < -0.39 is 0 Å². The molecule has 3 atom stereocenters. The van der Waals surface area contributed by atoms with Gasteiger partial charge in [0, 0.05) is 55.4 Å². The third-order valence-electron chi connectivity index (χ3n) is 8.09. The van der Waals surface area contributed by atoms with Crippen LogP contribution in [-0.4, -0.2) is 62.7 Å². The first-order valence-corrected chi connectivity index (χ1v) is 13.6. The van der Waals surface area contributed by atoms with Crippen LogP contribution >= 0.6 is 0 Å². The highest BCUT2D eigenvalue weighted by Crippen LogP contribution is 2.35. The molecule has 9 heteroatoms. The number of piperazine rings is 1. The summed E-state index contributed by atoms with van der Waals surface area (Å²) in [6, 6.07) is 8.87. The first-order valence-electron chi connectivity index (χ1n) is 13.6. The van der Waals surface area contributed by atoms with Gasteiger partial charge in [-0.2, -0.15) is 4.98 Å². The van der Waals surface area contributed by atoms with E-state index in [2.05, 4.69) is 77.9 Å². The van der Waals surface area contributed by atoms with Gasteiger partial charge >= 0.3 is 0 Å². The Hall–Kier alpha value is -3.72. The number of benzene rings is 1. The summed E-state index contributed by atoms with van der Waals surface area (Å²) in [5, 5.41) is 3.83. The second kappa shape index (κ2) is 9.87. The Labute approximate surface area is 223 Å². The molecule has 4 heterocycles. The van der Waals surface area contributed by atoms with E-state index in [1.165, 1.54) is 17.0 Å². The Morgan fingerprint density at radius 3 is 2.76 bits per heavy atom. The minimum absolute atomic E-state index is 0.119. The van der Waals surface area contributed by atoms with E-state index >= 15 is 0 Å². The third-order valence-corrected chi connectivity index (χ3v) is 8.09. The first kappa shape index (κ1) is 24.6. The quantitative estimate of drug-likeness (QED) is 0.494. The summed E-state index contributed by atoms with van der Waals surface area (Å²) in [6.45, 7) is 11.9. The molecule has 0 spiro atoms. The molecule has 2 fully saturated rings. The van der Waals surface area contributed by atoms with Crippen LogP contribution in [0.5, 0.6) is 0 Å². The van der Waals surface area contributed by atoms with Gasteiger partial charge in [-0.1, -0.05) is 19.1 Å². The topological polar surface area (TPSA) is 83.6 Å². The van der Waals surface area contributed by atoms with E-state index in [0.29, 0.717) is 35.5 Å². The molecule has 1 aromatic carbocycles. The number of aliphatic imine (C=N–C) groups is 1. The average Bonchev–Trinajstić information content (AvgIpc) is 3.41. The molecule has 1 saturated carbocycles. The lowest BCUT2D eigenvalue weighted by Gasteiger charge is -2.39. The lowest BCUT2D eigenvalue weighted by atomic mass is 10.0. The zero-order chi connectivity index (χ0) is 26.4. The molecular weight excluding hydrogens is 476 g/mol. The number of hydrogen-bond acceptors (Lipinski definition) is 7. The number of fused-ring (bicyclic) bond motifs is 2. The summed E-state index contributed by atoms with van der Waals surface area (Å²) in [4.78, 5) is 32.5. The monoisotopic (exact) mass is 512 g/mol. The van der Waals surface area contributed by atoms with Crippen LogP contribution in [0.25, 0.3) is 11.0 Å². The second-order valence-electron chi connectivity index (χ2n) is 10.8. The van der Waals surface area contributed by atoms with Crippen molar-refractivity contribution in [3.05, 3.63) is 65.1 Å². The maximum atomic E-state index is 13.3. The fourth-order valence-corrected chi connectivity index (χ4v) is 6.08. The van der Waals surface area contributed by atoms with Crippen LogP contribution in [0.1, 0.15) is 39.3 Å². The number of nitrogens with one attached hydrogen (secondary N) is 1. The fraction of sp³-hybridized carbons (Fsp3) is 0.448. The van der Waals surface area contributed by atoms with E-state index in [1.807, 2.05) is 4.68 Å². The van der Waals surface area contributed by atoms with Crippen LogP contribution in [0.2, 0.25) is 0 Å². The molecular formula is C29H36N8O. The lowest BCUT2D eigenvalue weighted by molar-refractivity contribution is 0.275. The maximum absolute atomic E-state index is 13.3. The molecule has 2 aromatic heterocycles. The third kappa shape index (κ3) is 4.34. The minimum atomic E-state index is -0.216. The van der Waals surface area contributed by atoms with E-state index in [1.54, 1.807) is 17.0 Å². The number of hydrogen-bond donors (Lipinski definition) is 1. The number of nitrogens with zero attached hydrogens (tertiary/aromatic N) is 7. The summed E-state index contributed by atoms with van der Waals surface area (Å²) < 4.78 is 3.63. The molecule has 38 heavy (non-hydrogen) atoms. The number of likely N-dealkylation sites (N-methyl/N-ethyl adjacent to an activating group) is 1. The van der Waals surface area contributed by atoms with Gasteiger partial charge in [0.15, 0.2) is 5.65 Å². The molecule has 198 valence electrons. The van der Waals surface area contributed by atoms with Crippen molar-refractivity contribution in [2.75, 3.05) is 36.9 Å². The zero-order valence-corrected chi connectivity index (χ0v) is 22.5. The van der Waals surface area contributed by atoms with Gasteiger partial charge in [0.2, 0.25) is 5.95 Å². The molecule has 3 unspecified atom stereocenters. The summed E-state index contributed by atoms with van der Waals surface area (Å²) >= 11 is 0. The van der Waals surface area contributed by atoms with Crippen molar-refractivity contribution in [1.29, 1.82) is 0 Å². The van der Waals surface area contributed by atoms with Gasteiger partial charge in [0.05, 0.1) is 6.54 Å². The highest BCUT2D eigenvalue weighted by atomic mass is 16.1. The highest BCUT2D eigenvalue weighted by Gasteiger charge is 2.30. The molecule has 1 N–H and O–H groups in total. The molecule has 9 nitrogen and oxygen atoms in total. The normalized spacial score (nSPS) is 23.8. The lowest BCUT2D eigenvalue weighted by Crippen LogP contribution is -2.50. The maximum Gasteiger partial charge on any atom is 0.278 e. The number of aromatic nitrogens is 4. The zero-order valence-electron chi connectivity index (χ0n) is 22.5. The van der Waals surface area contributed by atoms with Gasteiger partial charge in [-0.3, -0.25) is 9.79 Å². The Kier molecular flexibility index (Phi) is 6.39. The Bertz CT molecular complexity index is 1480. The van der Waals surface area contributed by atoms with Gasteiger partial charge in [-0.05, 0) is 62.6 Å². The largest absolute Gasteiger partial charge is 0.366 e.